The number of rotatable bonds is 9. The van der Waals surface area contributed by atoms with Gasteiger partial charge >= 0.3 is 5.97 Å². The number of carboxylic acid groups (broad SMARTS) is 1. The first-order valence-corrected chi connectivity index (χ1v) is 15.2. The minimum atomic E-state index is -1.04. The highest BCUT2D eigenvalue weighted by atomic mass is 35.5. The second-order valence-electron chi connectivity index (χ2n) is 12.1. The van der Waals surface area contributed by atoms with Gasteiger partial charge in [-0.2, -0.15) is 0 Å². The fourth-order valence-corrected chi connectivity index (χ4v) is 5.72. The number of carbonyl (C=O) groups excluding carboxylic acids is 1. The van der Waals surface area contributed by atoms with Crippen LogP contribution < -0.4 is 0 Å². The summed E-state index contributed by atoms with van der Waals surface area (Å²) >= 11 is 6.89. The summed E-state index contributed by atoms with van der Waals surface area (Å²) in [5, 5.41) is 10.2. The van der Waals surface area contributed by atoms with Gasteiger partial charge in [0.2, 0.25) is 0 Å². The van der Waals surface area contributed by atoms with E-state index in [4.69, 9.17) is 20.8 Å². The van der Waals surface area contributed by atoms with Crippen molar-refractivity contribution in [2.75, 3.05) is 13.2 Å². The Labute approximate surface area is 266 Å². The molecule has 1 fully saturated rings. The molecule has 0 bridgehead atoms. The van der Waals surface area contributed by atoms with E-state index in [1.165, 1.54) is 0 Å². The molecule has 1 amide bonds. The van der Waals surface area contributed by atoms with E-state index in [0.29, 0.717) is 46.2 Å². The van der Waals surface area contributed by atoms with Crippen molar-refractivity contribution in [3.63, 3.8) is 0 Å². The molecule has 0 spiro atoms. The van der Waals surface area contributed by atoms with Crippen LogP contribution in [0.2, 0.25) is 5.02 Å². The number of amides is 1. The first kappa shape index (κ1) is 30.5. The number of benzene rings is 2. The lowest BCUT2D eigenvalue weighted by atomic mass is 9.83. The molecule has 6 rings (SSSR count). The molecule has 1 aliphatic rings. The number of aryl methyl sites for hydroxylation is 1. The Morgan fingerprint density at radius 1 is 1.00 bits per heavy atom. The van der Waals surface area contributed by atoms with Crippen LogP contribution in [0.5, 0.6) is 0 Å². The molecule has 2 aromatic carbocycles. The maximum atomic E-state index is 14.4. The van der Waals surface area contributed by atoms with Crippen LogP contribution in [-0.4, -0.2) is 45.1 Å². The molecule has 3 aromatic heterocycles. The fourth-order valence-electron chi connectivity index (χ4n) is 5.48. The highest BCUT2D eigenvalue weighted by Crippen LogP contribution is 2.33. The van der Waals surface area contributed by atoms with Crippen LogP contribution in [0.4, 0.5) is 0 Å². The zero-order valence-corrected chi connectivity index (χ0v) is 26.4. The van der Waals surface area contributed by atoms with Crippen molar-refractivity contribution in [1.29, 1.82) is 0 Å². The smallest absolute Gasteiger partial charge is 0.313 e. The topological polar surface area (TPSA) is 106 Å². The largest absolute Gasteiger partial charge is 0.481 e. The third-order valence-electron chi connectivity index (χ3n) is 8.67. The van der Waals surface area contributed by atoms with Gasteiger partial charge in [0.05, 0.1) is 42.2 Å². The van der Waals surface area contributed by atoms with Crippen molar-refractivity contribution in [2.45, 2.75) is 52.1 Å². The zero-order valence-electron chi connectivity index (χ0n) is 25.6. The molecule has 1 N–H and O–H groups in total. The van der Waals surface area contributed by atoms with Crippen LogP contribution in [0.1, 0.15) is 64.0 Å². The molecule has 230 valence electrons. The lowest BCUT2D eigenvalue weighted by Crippen LogP contribution is -2.31. The molecule has 0 saturated carbocycles. The molecule has 5 aromatic rings. The van der Waals surface area contributed by atoms with Gasteiger partial charge in [-0.3, -0.25) is 19.6 Å². The van der Waals surface area contributed by atoms with Gasteiger partial charge in [0, 0.05) is 23.5 Å². The molecule has 8 nitrogen and oxygen atoms in total. The number of ether oxygens (including phenoxy) is 1. The summed E-state index contributed by atoms with van der Waals surface area (Å²) in [4.78, 5) is 37.2. The van der Waals surface area contributed by atoms with E-state index in [0.717, 1.165) is 33.7 Å². The Hall–Kier alpha value is -4.53. The number of hydrogen-bond acceptors (Lipinski definition) is 6. The monoisotopic (exact) mass is 623 g/mol. The average molecular weight is 624 g/mol. The average Bonchev–Trinajstić information content (AvgIpc) is 3.44. The molecule has 9 heteroatoms. The third kappa shape index (κ3) is 5.95. The van der Waals surface area contributed by atoms with Crippen LogP contribution >= 0.6 is 11.6 Å². The van der Waals surface area contributed by atoms with Crippen molar-refractivity contribution in [2.24, 2.45) is 0 Å². The molecule has 45 heavy (non-hydrogen) atoms. The Morgan fingerprint density at radius 3 is 2.49 bits per heavy atom. The lowest BCUT2D eigenvalue weighted by Gasteiger charge is -2.25. The number of aromatic nitrogens is 2. The predicted octanol–water partition coefficient (Wildman–Crippen LogP) is 7.48. The zero-order chi connectivity index (χ0) is 31.9. The van der Waals surface area contributed by atoms with Gasteiger partial charge in [-0.1, -0.05) is 48.0 Å². The first-order chi connectivity index (χ1) is 21.5. The van der Waals surface area contributed by atoms with E-state index >= 15 is 0 Å². The van der Waals surface area contributed by atoms with Crippen LogP contribution in [0, 0.1) is 13.8 Å². The number of furan rings is 1. The SMILES string of the molecule is Cc1nc2cccnc2c(C(=O)N(Cc2ccc(C3COC3)o2)Cc2ccc(-c3cccc(C(C)(C)C(=O)O)c3)cc2Cl)c1C. The third-order valence-corrected chi connectivity index (χ3v) is 9.02. The Morgan fingerprint density at radius 2 is 1.78 bits per heavy atom. The lowest BCUT2D eigenvalue weighted by molar-refractivity contribution is -0.142. The van der Waals surface area contributed by atoms with Crippen LogP contribution in [0.15, 0.2) is 77.3 Å². The number of hydrogen-bond donors (Lipinski definition) is 1. The summed E-state index contributed by atoms with van der Waals surface area (Å²) in [5.41, 5.74) is 5.36. The fraction of sp³-hybridized carbons (Fsp3) is 0.278. The van der Waals surface area contributed by atoms with E-state index in [-0.39, 0.29) is 24.9 Å². The summed E-state index contributed by atoms with van der Waals surface area (Å²) in [6, 6.07) is 20.7. The highest BCUT2D eigenvalue weighted by molar-refractivity contribution is 6.31. The maximum absolute atomic E-state index is 14.4. The van der Waals surface area contributed by atoms with E-state index < -0.39 is 11.4 Å². The van der Waals surface area contributed by atoms with Gasteiger partial charge in [-0.05, 0) is 85.8 Å². The number of pyridine rings is 2. The normalized spacial score (nSPS) is 13.5. The Bertz CT molecular complexity index is 1930. The van der Waals surface area contributed by atoms with Crippen molar-refractivity contribution in [1.82, 2.24) is 14.9 Å². The summed E-state index contributed by atoms with van der Waals surface area (Å²) < 4.78 is 11.5. The molecular weight excluding hydrogens is 590 g/mol. The van der Waals surface area contributed by atoms with Gasteiger partial charge in [-0.15, -0.1) is 0 Å². The minimum Gasteiger partial charge on any atom is -0.481 e. The van der Waals surface area contributed by atoms with Gasteiger partial charge in [0.25, 0.3) is 5.91 Å². The summed E-state index contributed by atoms with van der Waals surface area (Å²) in [5.74, 6) is 0.641. The van der Waals surface area contributed by atoms with Gasteiger partial charge in [-0.25, -0.2) is 0 Å². The molecule has 4 heterocycles. The Kier molecular flexibility index (Phi) is 8.20. The number of fused-ring (bicyclic) bond motifs is 1. The quantitative estimate of drug-likeness (QED) is 0.181. The summed E-state index contributed by atoms with van der Waals surface area (Å²) in [6.07, 6.45) is 1.67. The minimum absolute atomic E-state index is 0.199. The maximum Gasteiger partial charge on any atom is 0.313 e. The number of aliphatic carboxylic acids is 1. The first-order valence-electron chi connectivity index (χ1n) is 14.8. The molecule has 1 aliphatic heterocycles. The Balaban J connectivity index is 1.35. The molecule has 0 aliphatic carbocycles. The molecule has 1 saturated heterocycles. The molecule has 0 radical (unpaired) electrons. The van der Waals surface area contributed by atoms with Gasteiger partial charge in [0.15, 0.2) is 0 Å². The van der Waals surface area contributed by atoms with Crippen molar-refractivity contribution >= 4 is 34.5 Å². The molecule has 0 unspecified atom stereocenters. The molecular formula is C36H34ClN3O5. The van der Waals surface area contributed by atoms with Crippen molar-refractivity contribution < 1.29 is 23.8 Å². The van der Waals surface area contributed by atoms with Crippen molar-refractivity contribution in [3.8, 4) is 11.1 Å². The van der Waals surface area contributed by atoms with Crippen molar-refractivity contribution in [3.05, 3.63) is 117 Å². The standard InChI is InChI=1S/C36H34ClN3O5/c1-21-22(2)39-30-9-6-14-38-33(30)32(21)34(41)40(18-28-12-13-31(45-28)26-19-44-20-26)17-25-11-10-24(16-29(25)37)23-7-5-8-27(15-23)36(3,4)35(42)43/h5-16,26H,17-20H2,1-4H3,(H,42,43). The second-order valence-corrected chi connectivity index (χ2v) is 12.5. The number of carbonyl (C=O) groups is 2. The predicted molar refractivity (Wildman–Crippen MR) is 172 cm³/mol. The number of halogens is 1. The second kappa shape index (κ2) is 12.1. The van der Waals surface area contributed by atoms with Crippen LogP contribution in [-0.2, 0) is 28.0 Å². The number of carboxylic acids is 1. The summed E-state index contributed by atoms with van der Waals surface area (Å²) in [7, 11) is 0. The van der Waals surface area contributed by atoms with Gasteiger partial charge < -0.3 is 19.2 Å². The van der Waals surface area contributed by atoms with E-state index in [1.807, 2.05) is 80.6 Å². The summed E-state index contributed by atoms with van der Waals surface area (Å²) in [6.45, 7) is 8.86. The highest BCUT2D eigenvalue weighted by Gasteiger charge is 2.30. The van der Waals surface area contributed by atoms with Crippen LogP contribution in [0.25, 0.3) is 22.2 Å². The van der Waals surface area contributed by atoms with Crippen LogP contribution in [0.3, 0.4) is 0 Å². The van der Waals surface area contributed by atoms with E-state index in [1.54, 1.807) is 24.9 Å². The number of nitrogens with zero attached hydrogens (tertiary/aromatic N) is 3. The van der Waals surface area contributed by atoms with E-state index in [9.17, 15) is 14.7 Å². The van der Waals surface area contributed by atoms with Gasteiger partial charge in [0.1, 0.15) is 17.0 Å². The molecule has 0 atom stereocenters. The van der Waals surface area contributed by atoms with E-state index in [2.05, 4.69) is 9.97 Å².